The SMILES string of the molecule is Cl.NC1CCN(CC(=O)N2CCNC(=O)C2)CC1. The Morgan fingerprint density at radius 2 is 2.00 bits per heavy atom. The Labute approximate surface area is 113 Å². The Bertz CT molecular complexity index is 305. The van der Waals surface area contributed by atoms with Gasteiger partial charge in [0.1, 0.15) is 0 Å². The van der Waals surface area contributed by atoms with Crippen LogP contribution in [0.1, 0.15) is 12.8 Å². The fraction of sp³-hybridized carbons (Fsp3) is 0.818. The van der Waals surface area contributed by atoms with Gasteiger partial charge in [-0.2, -0.15) is 0 Å². The zero-order valence-electron chi connectivity index (χ0n) is 10.4. The molecule has 0 radical (unpaired) electrons. The molecule has 2 heterocycles. The van der Waals surface area contributed by atoms with Crippen LogP contribution >= 0.6 is 12.4 Å². The lowest BCUT2D eigenvalue weighted by molar-refractivity contribution is -0.139. The maximum absolute atomic E-state index is 12.0. The van der Waals surface area contributed by atoms with Crippen molar-refractivity contribution in [3.63, 3.8) is 0 Å². The van der Waals surface area contributed by atoms with Crippen molar-refractivity contribution < 1.29 is 9.59 Å². The van der Waals surface area contributed by atoms with Crippen molar-refractivity contribution in [2.75, 3.05) is 39.3 Å². The Morgan fingerprint density at radius 1 is 1.33 bits per heavy atom. The normalized spacial score (nSPS) is 22.3. The number of rotatable bonds is 2. The van der Waals surface area contributed by atoms with Gasteiger partial charge in [0.15, 0.2) is 0 Å². The first-order valence-electron chi connectivity index (χ1n) is 6.17. The summed E-state index contributed by atoms with van der Waals surface area (Å²) in [7, 11) is 0. The van der Waals surface area contributed by atoms with Crippen LogP contribution in [0.2, 0.25) is 0 Å². The zero-order valence-corrected chi connectivity index (χ0v) is 11.2. The monoisotopic (exact) mass is 276 g/mol. The van der Waals surface area contributed by atoms with E-state index in [2.05, 4.69) is 10.2 Å². The number of piperidine rings is 1. The van der Waals surface area contributed by atoms with Crippen molar-refractivity contribution in [2.45, 2.75) is 18.9 Å². The predicted molar refractivity (Wildman–Crippen MR) is 70.5 cm³/mol. The lowest BCUT2D eigenvalue weighted by Crippen LogP contribution is -2.53. The number of piperazine rings is 1. The van der Waals surface area contributed by atoms with Crippen LogP contribution in [-0.2, 0) is 9.59 Å². The number of amides is 2. The first-order valence-corrected chi connectivity index (χ1v) is 6.17. The lowest BCUT2D eigenvalue weighted by Gasteiger charge is -2.32. The van der Waals surface area contributed by atoms with Crippen molar-refractivity contribution in [1.82, 2.24) is 15.1 Å². The van der Waals surface area contributed by atoms with E-state index in [1.54, 1.807) is 4.90 Å². The highest BCUT2D eigenvalue weighted by Crippen LogP contribution is 2.08. The van der Waals surface area contributed by atoms with Crippen molar-refractivity contribution >= 4 is 24.2 Å². The number of halogens is 1. The van der Waals surface area contributed by atoms with E-state index in [1.807, 2.05) is 0 Å². The van der Waals surface area contributed by atoms with E-state index in [0.717, 1.165) is 25.9 Å². The third-order valence-corrected chi connectivity index (χ3v) is 3.38. The Morgan fingerprint density at radius 3 is 2.61 bits per heavy atom. The van der Waals surface area contributed by atoms with Crippen molar-refractivity contribution in [3.05, 3.63) is 0 Å². The van der Waals surface area contributed by atoms with Crippen LogP contribution in [0.3, 0.4) is 0 Å². The first kappa shape index (κ1) is 15.2. The molecule has 0 saturated carbocycles. The van der Waals surface area contributed by atoms with E-state index in [4.69, 9.17) is 5.73 Å². The van der Waals surface area contributed by atoms with Gasteiger partial charge in [0.05, 0.1) is 13.1 Å². The number of hydrogen-bond donors (Lipinski definition) is 2. The van der Waals surface area contributed by atoms with Crippen molar-refractivity contribution in [1.29, 1.82) is 0 Å². The van der Waals surface area contributed by atoms with Crippen LogP contribution in [0.5, 0.6) is 0 Å². The summed E-state index contributed by atoms with van der Waals surface area (Å²) in [5.41, 5.74) is 5.81. The molecule has 2 aliphatic rings. The fourth-order valence-corrected chi connectivity index (χ4v) is 2.25. The summed E-state index contributed by atoms with van der Waals surface area (Å²) in [5.74, 6) is -0.0133. The molecule has 2 amide bonds. The fourth-order valence-electron chi connectivity index (χ4n) is 2.25. The molecule has 0 bridgehead atoms. The van der Waals surface area contributed by atoms with Gasteiger partial charge in [-0.05, 0) is 12.8 Å². The molecule has 2 saturated heterocycles. The molecule has 0 aliphatic carbocycles. The third kappa shape index (κ3) is 4.12. The van der Waals surface area contributed by atoms with Crippen LogP contribution in [0.15, 0.2) is 0 Å². The van der Waals surface area contributed by atoms with Gasteiger partial charge >= 0.3 is 0 Å². The van der Waals surface area contributed by atoms with E-state index in [0.29, 0.717) is 19.6 Å². The van der Waals surface area contributed by atoms with E-state index < -0.39 is 0 Å². The topological polar surface area (TPSA) is 78.7 Å². The predicted octanol–water partition coefficient (Wildman–Crippen LogP) is -1.21. The molecule has 0 aromatic heterocycles. The minimum absolute atomic E-state index is 0. The van der Waals surface area contributed by atoms with Gasteiger partial charge in [-0.1, -0.05) is 0 Å². The van der Waals surface area contributed by atoms with Gasteiger partial charge in [-0.3, -0.25) is 14.5 Å². The van der Waals surface area contributed by atoms with E-state index in [1.165, 1.54) is 0 Å². The average molecular weight is 277 g/mol. The molecule has 6 nitrogen and oxygen atoms in total. The first-order chi connectivity index (χ1) is 8.15. The molecular formula is C11H21ClN4O2. The summed E-state index contributed by atoms with van der Waals surface area (Å²) < 4.78 is 0. The van der Waals surface area contributed by atoms with Crippen LogP contribution < -0.4 is 11.1 Å². The number of carbonyl (C=O) groups excluding carboxylic acids is 2. The smallest absolute Gasteiger partial charge is 0.239 e. The molecule has 0 aromatic carbocycles. The van der Waals surface area contributed by atoms with Gasteiger partial charge in [0.25, 0.3) is 0 Å². The minimum atomic E-state index is -0.0646. The summed E-state index contributed by atoms with van der Waals surface area (Å²) in [6, 6.07) is 0.280. The molecule has 0 aromatic rings. The number of nitrogens with two attached hydrogens (primary N) is 1. The van der Waals surface area contributed by atoms with Crippen molar-refractivity contribution in [3.8, 4) is 0 Å². The molecule has 3 N–H and O–H groups in total. The maximum Gasteiger partial charge on any atom is 0.239 e. The van der Waals surface area contributed by atoms with Gasteiger partial charge in [0, 0.05) is 32.2 Å². The highest BCUT2D eigenvalue weighted by atomic mass is 35.5. The molecule has 0 spiro atoms. The largest absolute Gasteiger partial charge is 0.353 e. The molecule has 18 heavy (non-hydrogen) atoms. The Kier molecular flexibility index (Phi) is 5.84. The van der Waals surface area contributed by atoms with Gasteiger partial charge < -0.3 is 16.0 Å². The number of likely N-dealkylation sites (tertiary alicyclic amines) is 1. The number of carbonyl (C=O) groups is 2. The van der Waals surface area contributed by atoms with E-state index in [9.17, 15) is 9.59 Å². The number of hydrogen-bond acceptors (Lipinski definition) is 4. The summed E-state index contributed by atoms with van der Waals surface area (Å²) in [4.78, 5) is 26.9. The second kappa shape index (κ2) is 6.92. The highest BCUT2D eigenvalue weighted by Gasteiger charge is 2.24. The molecule has 2 rings (SSSR count). The molecule has 2 fully saturated rings. The summed E-state index contributed by atoms with van der Waals surface area (Å²) in [6.45, 7) is 3.57. The standard InChI is InChI=1S/C11H20N4O2.ClH/c12-9-1-4-14(5-2-9)8-11(17)15-6-3-13-10(16)7-15;/h9H,1-8,12H2,(H,13,16);1H. The molecule has 104 valence electrons. The summed E-state index contributed by atoms with van der Waals surface area (Å²) >= 11 is 0. The summed E-state index contributed by atoms with van der Waals surface area (Å²) in [5, 5.41) is 2.71. The van der Waals surface area contributed by atoms with Gasteiger partial charge in [-0.25, -0.2) is 0 Å². The summed E-state index contributed by atoms with van der Waals surface area (Å²) in [6.07, 6.45) is 1.90. The van der Waals surface area contributed by atoms with Crippen LogP contribution in [0.25, 0.3) is 0 Å². The molecular weight excluding hydrogens is 256 g/mol. The highest BCUT2D eigenvalue weighted by molar-refractivity contribution is 5.86. The van der Waals surface area contributed by atoms with Gasteiger partial charge in [-0.15, -0.1) is 12.4 Å². The Hall–Kier alpha value is -0.850. The van der Waals surface area contributed by atoms with Crippen molar-refractivity contribution in [2.24, 2.45) is 5.73 Å². The molecule has 7 heteroatoms. The zero-order chi connectivity index (χ0) is 12.3. The maximum atomic E-state index is 12.0. The second-order valence-electron chi connectivity index (χ2n) is 4.78. The molecule has 0 atom stereocenters. The van der Waals surface area contributed by atoms with Crippen LogP contribution in [-0.4, -0.2) is 66.9 Å². The molecule has 0 unspecified atom stereocenters. The molecule has 2 aliphatic heterocycles. The van der Waals surface area contributed by atoms with Crippen LogP contribution in [0, 0.1) is 0 Å². The van der Waals surface area contributed by atoms with Crippen LogP contribution in [0.4, 0.5) is 0 Å². The van der Waals surface area contributed by atoms with E-state index in [-0.39, 0.29) is 36.8 Å². The van der Waals surface area contributed by atoms with E-state index >= 15 is 0 Å². The minimum Gasteiger partial charge on any atom is -0.353 e. The Balaban J connectivity index is 0.00000162. The third-order valence-electron chi connectivity index (χ3n) is 3.38. The average Bonchev–Trinajstić information content (AvgIpc) is 2.32. The quantitative estimate of drug-likeness (QED) is 0.663. The second-order valence-corrected chi connectivity index (χ2v) is 4.78. The lowest BCUT2D eigenvalue weighted by atomic mass is 10.1. The van der Waals surface area contributed by atoms with Gasteiger partial charge in [0.2, 0.25) is 11.8 Å². The number of nitrogens with one attached hydrogen (secondary N) is 1. The number of nitrogens with zero attached hydrogens (tertiary/aromatic N) is 2.